The van der Waals surface area contributed by atoms with Gasteiger partial charge >= 0.3 is 0 Å². The summed E-state index contributed by atoms with van der Waals surface area (Å²) in [6.45, 7) is 0. The van der Waals surface area contributed by atoms with E-state index in [0.717, 1.165) is 5.57 Å². The Kier molecular flexibility index (Phi) is 1.63. The normalized spacial score (nSPS) is 20.5. The zero-order chi connectivity index (χ0) is 8.39. The zero-order valence-corrected chi connectivity index (χ0v) is 6.36. The van der Waals surface area contributed by atoms with E-state index in [1.807, 2.05) is 6.08 Å². The Hall–Kier alpha value is -1.64. The van der Waals surface area contributed by atoms with Crippen LogP contribution in [0.25, 0.3) is 0 Å². The number of hydrogen-bond acceptors (Lipinski definition) is 3. The lowest BCUT2D eigenvalue weighted by atomic mass is 10.0. The average Bonchev–Trinajstić information content (AvgIpc) is 2.28. The molecule has 0 fully saturated rings. The fourth-order valence-corrected chi connectivity index (χ4v) is 1.12. The maximum Gasteiger partial charge on any atom is 0.161 e. The molecule has 60 valence electrons. The summed E-state index contributed by atoms with van der Waals surface area (Å²) in [4.78, 5) is 16.0. The van der Waals surface area contributed by atoms with Gasteiger partial charge in [0.15, 0.2) is 11.5 Å². The lowest BCUT2D eigenvalue weighted by molar-refractivity contribution is -0.114. The van der Waals surface area contributed by atoms with Gasteiger partial charge in [0.1, 0.15) is 0 Å². The molecule has 0 amide bonds. The van der Waals surface area contributed by atoms with Crippen molar-refractivity contribution in [3.63, 3.8) is 0 Å². The van der Waals surface area contributed by atoms with Crippen LogP contribution in [0.1, 0.15) is 6.42 Å². The number of carbonyl (C=O) groups is 1. The molecule has 0 radical (unpaired) electrons. The number of hydrogen-bond donors (Lipinski definition) is 0. The third-order valence-corrected chi connectivity index (χ3v) is 1.70. The highest BCUT2D eigenvalue weighted by atomic mass is 16.6. The number of nitrogens with zero attached hydrogens (tertiary/aromatic N) is 1. The van der Waals surface area contributed by atoms with E-state index < -0.39 is 0 Å². The van der Waals surface area contributed by atoms with Gasteiger partial charge < -0.3 is 4.84 Å². The molecule has 0 N–H and O–H groups in total. The monoisotopic (exact) mass is 161 g/mol. The number of oxime groups is 1. The smallest absolute Gasteiger partial charge is 0.161 e. The number of carbonyl (C=O) groups excluding carboxylic acids is 1. The SMILES string of the molecule is O=C1C=CC2=C(C=CC=NO2)C1. The molecule has 0 aromatic heterocycles. The highest BCUT2D eigenvalue weighted by molar-refractivity contribution is 5.94. The second kappa shape index (κ2) is 2.77. The number of rotatable bonds is 0. The molecular weight excluding hydrogens is 154 g/mol. The second-order valence-electron chi connectivity index (χ2n) is 2.57. The van der Waals surface area contributed by atoms with Gasteiger partial charge in [-0.05, 0) is 18.2 Å². The van der Waals surface area contributed by atoms with E-state index in [4.69, 9.17) is 4.84 Å². The van der Waals surface area contributed by atoms with Crippen LogP contribution in [-0.4, -0.2) is 12.0 Å². The molecule has 0 atom stereocenters. The van der Waals surface area contributed by atoms with Gasteiger partial charge in [-0.15, -0.1) is 0 Å². The van der Waals surface area contributed by atoms with E-state index in [1.54, 1.807) is 18.4 Å². The Labute approximate surface area is 69.7 Å². The number of allylic oxidation sites excluding steroid dienone is 5. The van der Waals surface area contributed by atoms with E-state index in [-0.39, 0.29) is 5.78 Å². The third kappa shape index (κ3) is 1.21. The minimum absolute atomic E-state index is 0.101. The summed E-state index contributed by atoms with van der Waals surface area (Å²) in [5, 5.41) is 3.65. The molecule has 12 heavy (non-hydrogen) atoms. The predicted molar refractivity (Wildman–Crippen MR) is 44.5 cm³/mol. The van der Waals surface area contributed by atoms with Crippen molar-refractivity contribution < 1.29 is 9.63 Å². The highest BCUT2D eigenvalue weighted by Crippen LogP contribution is 2.20. The van der Waals surface area contributed by atoms with E-state index in [2.05, 4.69) is 5.16 Å². The number of ketones is 1. The minimum Gasteiger partial charge on any atom is -0.357 e. The summed E-state index contributed by atoms with van der Waals surface area (Å²) in [5.74, 6) is 0.767. The Bertz CT molecular complexity index is 334. The molecular formula is C9H7NO2. The Morgan fingerprint density at radius 1 is 1.33 bits per heavy atom. The van der Waals surface area contributed by atoms with Crippen LogP contribution in [0.15, 0.2) is 40.8 Å². The molecule has 0 saturated heterocycles. The van der Waals surface area contributed by atoms with Gasteiger partial charge in [-0.3, -0.25) is 4.79 Å². The lowest BCUT2D eigenvalue weighted by Crippen LogP contribution is -2.02. The fourth-order valence-electron chi connectivity index (χ4n) is 1.12. The van der Waals surface area contributed by atoms with Crippen molar-refractivity contribution in [2.45, 2.75) is 6.42 Å². The molecule has 0 unspecified atom stereocenters. The van der Waals surface area contributed by atoms with E-state index >= 15 is 0 Å². The van der Waals surface area contributed by atoms with Gasteiger partial charge in [0.2, 0.25) is 0 Å². The maximum atomic E-state index is 11.0. The van der Waals surface area contributed by atoms with E-state index in [9.17, 15) is 4.79 Å². The summed E-state index contributed by atoms with van der Waals surface area (Å²) in [5.41, 5.74) is 0.889. The molecule has 3 heteroatoms. The largest absolute Gasteiger partial charge is 0.357 e. The lowest BCUT2D eigenvalue weighted by Gasteiger charge is -2.07. The van der Waals surface area contributed by atoms with Crippen LogP contribution in [0.3, 0.4) is 0 Å². The van der Waals surface area contributed by atoms with Crippen molar-refractivity contribution in [3.8, 4) is 0 Å². The van der Waals surface area contributed by atoms with Crippen LogP contribution in [0.2, 0.25) is 0 Å². The summed E-state index contributed by atoms with van der Waals surface area (Å²) in [6.07, 6.45) is 8.71. The highest BCUT2D eigenvalue weighted by Gasteiger charge is 2.13. The van der Waals surface area contributed by atoms with Crippen LogP contribution in [0.4, 0.5) is 0 Å². The van der Waals surface area contributed by atoms with Crippen LogP contribution in [0, 0.1) is 0 Å². The van der Waals surface area contributed by atoms with Crippen LogP contribution < -0.4 is 0 Å². The molecule has 2 rings (SSSR count). The molecule has 2 aliphatic rings. The molecule has 1 aliphatic heterocycles. The van der Waals surface area contributed by atoms with Crippen molar-refractivity contribution in [3.05, 3.63) is 35.6 Å². The molecule has 1 aliphatic carbocycles. The molecule has 0 aromatic carbocycles. The third-order valence-electron chi connectivity index (χ3n) is 1.70. The molecule has 3 nitrogen and oxygen atoms in total. The Balaban J connectivity index is 2.36. The van der Waals surface area contributed by atoms with E-state index in [1.165, 1.54) is 6.08 Å². The zero-order valence-electron chi connectivity index (χ0n) is 6.36. The average molecular weight is 161 g/mol. The van der Waals surface area contributed by atoms with Gasteiger partial charge in [-0.1, -0.05) is 11.2 Å². The molecule has 0 spiro atoms. The van der Waals surface area contributed by atoms with Gasteiger partial charge in [0.05, 0.1) is 6.21 Å². The molecule has 0 saturated carbocycles. The van der Waals surface area contributed by atoms with Gasteiger partial charge in [-0.25, -0.2) is 0 Å². The predicted octanol–water partition coefficient (Wildman–Crippen LogP) is 1.34. The summed E-state index contributed by atoms with van der Waals surface area (Å²) < 4.78 is 0. The summed E-state index contributed by atoms with van der Waals surface area (Å²) in [6, 6.07) is 0. The summed E-state index contributed by atoms with van der Waals surface area (Å²) in [7, 11) is 0. The van der Waals surface area contributed by atoms with Crippen LogP contribution >= 0.6 is 0 Å². The van der Waals surface area contributed by atoms with Gasteiger partial charge in [-0.2, -0.15) is 0 Å². The van der Waals surface area contributed by atoms with Crippen molar-refractivity contribution in [1.82, 2.24) is 0 Å². The first-order chi connectivity index (χ1) is 5.86. The first-order valence-corrected chi connectivity index (χ1v) is 3.67. The van der Waals surface area contributed by atoms with E-state index in [0.29, 0.717) is 12.2 Å². The van der Waals surface area contributed by atoms with Gasteiger partial charge in [0, 0.05) is 12.0 Å². The van der Waals surface area contributed by atoms with Gasteiger partial charge in [0.25, 0.3) is 0 Å². The van der Waals surface area contributed by atoms with Crippen LogP contribution in [-0.2, 0) is 9.63 Å². The van der Waals surface area contributed by atoms with Crippen molar-refractivity contribution in [2.24, 2.45) is 5.16 Å². The standard InChI is InChI=1S/C9H7NO2/c11-8-3-4-9-7(6-8)2-1-5-10-12-9/h1-5H,6H2. The minimum atomic E-state index is 0.101. The molecule has 1 heterocycles. The topological polar surface area (TPSA) is 38.7 Å². The maximum absolute atomic E-state index is 11.0. The Morgan fingerprint density at radius 3 is 3.17 bits per heavy atom. The molecule has 0 bridgehead atoms. The first kappa shape index (κ1) is 7.03. The second-order valence-corrected chi connectivity index (χ2v) is 2.57. The quantitative estimate of drug-likeness (QED) is 0.537. The van der Waals surface area contributed by atoms with Crippen molar-refractivity contribution in [2.75, 3.05) is 0 Å². The summed E-state index contributed by atoms with van der Waals surface area (Å²) >= 11 is 0. The van der Waals surface area contributed by atoms with Crippen LogP contribution in [0.5, 0.6) is 0 Å². The van der Waals surface area contributed by atoms with Crippen molar-refractivity contribution in [1.29, 1.82) is 0 Å². The Morgan fingerprint density at radius 2 is 2.25 bits per heavy atom. The fraction of sp³-hybridized carbons (Fsp3) is 0.111. The van der Waals surface area contributed by atoms with Crippen molar-refractivity contribution >= 4 is 12.0 Å². The first-order valence-electron chi connectivity index (χ1n) is 3.67. The molecule has 0 aromatic rings.